The molecule has 3 heteroatoms. The molecule has 3 nitrogen and oxygen atoms in total. The number of rotatable bonds is 2. The van der Waals surface area contributed by atoms with Crippen LogP contribution in [0.15, 0.2) is 12.1 Å². The smallest absolute Gasteiger partial charge is 0.128 e. The highest BCUT2D eigenvalue weighted by molar-refractivity contribution is 5.63. The zero-order valence-electron chi connectivity index (χ0n) is 14.6. The molecular weight excluding hydrogens is 288 g/mol. The third kappa shape index (κ3) is 2.16. The van der Waals surface area contributed by atoms with Gasteiger partial charge in [-0.1, -0.05) is 39.8 Å². The Morgan fingerprint density at radius 2 is 1.96 bits per heavy atom. The predicted molar refractivity (Wildman–Crippen MR) is 90.8 cm³/mol. The number of hydrogen-bond acceptors (Lipinski definition) is 3. The summed E-state index contributed by atoms with van der Waals surface area (Å²) < 4.78 is 0. The normalized spacial score (nSPS) is 36.4. The van der Waals surface area contributed by atoms with Crippen LogP contribution in [0.3, 0.4) is 0 Å². The highest BCUT2D eigenvalue weighted by Crippen LogP contribution is 2.57. The minimum atomic E-state index is -0.697. The lowest BCUT2D eigenvalue weighted by Gasteiger charge is -2.55. The molecule has 0 spiro atoms. The summed E-state index contributed by atoms with van der Waals surface area (Å²) >= 11 is 0. The average molecular weight is 316 g/mol. The molecule has 1 aromatic carbocycles. The first kappa shape index (κ1) is 16.5. The average Bonchev–Trinajstić information content (AvgIpc) is 2.51. The first-order chi connectivity index (χ1) is 10.8. The van der Waals surface area contributed by atoms with Gasteiger partial charge in [0.25, 0.3) is 0 Å². The molecule has 4 atom stereocenters. The fraction of sp³-hybridized carbons (Fsp3) is 0.650. The number of aromatic hydroxyl groups is 1. The Hall–Kier alpha value is -1.35. The van der Waals surface area contributed by atoms with Gasteiger partial charge >= 0.3 is 0 Å². The molecule has 1 aromatic rings. The molecule has 126 valence electrons. The summed E-state index contributed by atoms with van der Waals surface area (Å²) in [5.41, 5.74) is 2.38. The number of carbonyl (C=O) groups excluding carboxylic acids is 1. The standard InChI is InChI=1S/C20H28O3/c1-12(2)13-5-7-15-14(18(13)23)6-8-16-19(15,3)10-9-17(22)20(16,4)11-21/h5,7,11-12,16-17,22-23H,6,8-10H2,1-4H3/t16-,17+,19-,20-/m1/s1. The van der Waals surface area contributed by atoms with E-state index in [1.807, 2.05) is 13.0 Å². The molecule has 0 heterocycles. The Balaban J connectivity index is 2.14. The fourth-order valence-corrected chi connectivity index (χ4v) is 5.15. The van der Waals surface area contributed by atoms with E-state index in [0.29, 0.717) is 18.1 Å². The summed E-state index contributed by atoms with van der Waals surface area (Å²) in [7, 11) is 0. The Bertz CT molecular complexity index is 636. The Morgan fingerprint density at radius 1 is 1.26 bits per heavy atom. The van der Waals surface area contributed by atoms with Crippen LogP contribution in [0.5, 0.6) is 5.75 Å². The van der Waals surface area contributed by atoms with Crippen molar-refractivity contribution in [2.24, 2.45) is 11.3 Å². The van der Waals surface area contributed by atoms with E-state index >= 15 is 0 Å². The highest BCUT2D eigenvalue weighted by Gasteiger charge is 2.56. The van der Waals surface area contributed by atoms with E-state index in [1.54, 1.807) is 0 Å². The van der Waals surface area contributed by atoms with Gasteiger partial charge in [0, 0.05) is 0 Å². The van der Waals surface area contributed by atoms with E-state index in [4.69, 9.17) is 0 Å². The summed E-state index contributed by atoms with van der Waals surface area (Å²) in [6, 6.07) is 4.19. The quantitative estimate of drug-likeness (QED) is 0.818. The SMILES string of the molecule is CC(C)c1ccc2c(c1O)CC[C@H]1[C@@](C)(C=O)[C@@H](O)CC[C@]21C. The number of aliphatic hydroxyl groups excluding tert-OH is 1. The molecular formula is C20H28O3. The molecule has 0 aromatic heterocycles. The zero-order valence-corrected chi connectivity index (χ0v) is 14.6. The molecule has 0 amide bonds. The number of benzene rings is 1. The fourth-order valence-electron chi connectivity index (χ4n) is 5.15. The van der Waals surface area contributed by atoms with Gasteiger partial charge in [-0.3, -0.25) is 0 Å². The molecule has 0 bridgehead atoms. The summed E-state index contributed by atoms with van der Waals surface area (Å²) in [6.45, 7) is 8.29. The van der Waals surface area contributed by atoms with Crippen LogP contribution in [0.25, 0.3) is 0 Å². The van der Waals surface area contributed by atoms with Gasteiger partial charge in [0.1, 0.15) is 12.0 Å². The van der Waals surface area contributed by atoms with Gasteiger partial charge in [-0.25, -0.2) is 0 Å². The first-order valence-electron chi connectivity index (χ1n) is 8.75. The van der Waals surface area contributed by atoms with Crippen LogP contribution in [0.2, 0.25) is 0 Å². The van der Waals surface area contributed by atoms with Gasteiger partial charge in [-0.15, -0.1) is 0 Å². The third-order valence-corrected chi connectivity index (χ3v) is 6.66. The lowest BCUT2D eigenvalue weighted by atomic mass is 9.49. The van der Waals surface area contributed by atoms with Crippen LogP contribution in [0.4, 0.5) is 0 Å². The van der Waals surface area contributed by atoms with Crippen molar-refractivity contribution in [3.05, 3.63) is 28.8 Å². The third-order valence-electron chi connectivity index (χ3n) is 6.66. The second kappa shape index (κ2) is 5.34. The maximum absolute atomic E-state index is 11.8. The van der Waals surface area contributed by atoms with Crippen molar-refractivity contribution in [3.8, 4) is 5.75 Å². The second-order valence-corrected chi connectivity index (χ2v) is 8.23. The molecule has 2 aliphatic carbocycles. The maximum atomic E-state index is 11.8. The molecule has 2 aliphatic rings. The molecule has 23 heavy (non-hydrogen) atoms. The van der Waals surface area contributed by atoms with Crippen LogP contribution >= 0.6 is 0 Å². The molecule has 0 radical (unpaired) electrons. The number of carbonyl (C=O) groups is 1. The van der Waals surface area contributed by atoms with Crippen molar-refractivity contribution < 1.29 is 15.0 Å². The highest BCUT2D eigenvalue weighted by atomic mass is 16.3. The number of aldehydes is 1. The summed E-state index contributed by atoms with van der Waals surface area (Å²) in [6.07, 6.45) is 3.50. The molecule has 0 saturated heterocycles. The lowest BCUT2D eigenvalue weighted by molar-refractivity contribution is -0.137. The summed E-state index contributed by atoms with van der Waals surface area (Å²) in [5, 5.41) is 21.2. The number of hydrogen-bond donors (Lipinski definition) is 2. The molecule has 1 saturated carbocycles. The van der Waals surface area contributed by atoms with Crippen molar-refractivity contribution in [2.75, 3.05) is 0 Å². The lowest BCUT2D eigenvalue weighted by Crippen LogP contribution is -2.56. The Labute approximate surface area is 138 Å². The van der Waals surface area contributed by atoms with Crippen LogP contribution < -0.4 is 0 Å². The van der Waals surface area contributed by atoms with Crippen LogP contribution in [-0.2, 0) is 16.6 Å². The minimum Gasteiger partial charge on any atom is -0.507 e. The van der Waals surface area contributed by atoms with Crippen molar-refractivity contribution in [1.82, 2.24) is 0 Å². The van der Waals surface area contributed by atoms with Crippen molar-refractivity contribution in [1.29, 1.82) is 0 Å². The molecule has 0 unspecified atom stereocenters. The minimum absolute atomic E-state index is 0.119. The van der Waals surface area contributed by atoms with E-state index in [0.717, 1.165) is 36.7 Å². The van der Waals surface area contributed by atoms with Gasteiger partial charge < -0.3 is 15.0 Å². The van der Waals surface area contributed by atoms with Gasteiger partial charge in [-0.05, 0) is 59.6 Å². The maximum Gasteiger partial charge on any atom is 0.128 e. The summed E-state index contributed by atoms with van der Waals surface area (Å²) in [4.78, 5) is 11.8. The van der Waals surface area contributed by atoms with E-state index in [9.17, 15) is 15.0 Å². The van der Waals surface area contributed by atoms with Gasteiger partial charge in [0.15, 0.2) is 0 Å². The Morgan fingerprint density at radius 3 is 2.57 bits per heavy atom. The van der Waals surface area contributed by atoms with Crippen LogP contribution in [0, 0.1) is 11.3 Å². The van der Waals surface area contributed by atoms with Crippen LogP contribution in [0.1, 0.15) is 69.6 Å². The van der Waals surface area contributed by atoms with Crippen molar-refractivity contribution >= 4 is 6.29 Å². The summed E-state index contributed by atoms with van der Waals surface area (Å²) in [5.74, 6) is 0.850. The van der Waals surface area contributed by atoms with Crippen molar-refractivity contribution in [2.45, 2.75) is 70.8 Å². The number of aliphatic hydroxyl groups is 1. The second-order valence-electron chi connectivity index (χ2n) is 8.23. The zero-order chi connectivity index (χ0) is 17.0. The van der Waals surface area contributed by atoms with E-state index in [2.05, 4.69) is 26.8 Å². The van der Waals surface area contributed by atoms with Gasteiger partial charge in [0.05, 0.1) is 11.5 Å². The number of phenols is 1. The molecule has 1 fully saturated rings. The largest absolute Gasteiger partial charge is 0.507 e. The Kier molecular flexibility index (Phi) is 3.83. The number of fused-ring (bicyclic) bond motifs is 3. The van der Waals surface area contributed by atoms with E-state index in [-0.39, 0.29) is 11.3 Å². The topological polar surface area (TPSA) is 57.5 Å². The van der Waals surface area contributed by atoms with Gasteiger partial charge in [-0.2, -0.15) is 0 Å². The predicted octanol–water partition coefficient (Wildman–Crippen LogP) is 3.70. The first-order valence-corrected chi connectivity index (χ1v) is 8.75. The van der Waals surface area contributed by atoms with Crippen molar-refractivity contribution in [3.63, 3.8) is 0 Å². The monoisotopic (exact) mass is 316 g/mol. The molecule has 3 rings (SSSR count). The number of phenolic OH excluding ortho intramolecular Hbond substituents is 1. The van der Waals surface area contributed by atoms with Crippen LogP contribution in [-0.4, -0.2) is 22.6 Å². The molecule has 2 N–H and O–H groups in total. The molecule has 0 aliphatic heterocycles. The van der Waals surface area contributed by atoms with Gasteiger partial charge in [0.2, 0.25) is 0 Å². The van der Waals surface area contributed by atoms with E-state index < -0.39 is 11.5 Å². The van der Waals surface area contributed by atoms with E-state index in [1.165, 1.54) is 5.56 Å².